The summed E-state index contributed by atoms with van der Waals surface area (Å²) in [6.45, 7) is 0. The summed E-state index contributed by atoms with van der Waals surface area (Å²) in [4.78, 5) is 53.6. The molecule has 0 fully saturated rings. The maximum atomic E-state index is 13.4. The molecule has 0 aromatic heterocycles. The van der Waals surface area contributed by atoms with Crippen molar-refractivity contribution in [2.24, 2.45) is 0 Å². The van der Waals surface area contributed by atoms with Gasteiger partial charge in [0.15, 0.2) is 6.10 Å². The van der Waals surface area contributed by atoms with E-state index in [1.54, 1.807) is 84.9 Å². The van der Waals surface area contributed by atoms with E-state index in [0.717, 1.165) is 4.90 Å². The van der Waals surface area contributed by atoms with Crippen LogP contribution in [-0.4, -0.2) is 30.7 Å². The summed E-state index contributed by atoms with van der Waals surface area (Å²) in [6, 6.07) is 27.9. The Morgan fingerprint density at radius 3 is 1.95 bits per heavy atom. The second-order valence-electron chi connectivity index (χ2n) is 8.33. The van der Waals surface area contributed by atoms with Gasteiger partial charge in [0.2, 0.25) is 5.78 Å². The number of hydrogen-bond donors (Lipinski definition) is 0. The van der Waals surface area contributed by atoms with Gasteiger partial charge in [-0.05, 0) is 54.6 Å². The van der Waals surface area contributed by atoms with Crippen molar-refractivity contribution in [3.8, 4) is 5.75 Å². The molecular weight excluding hydrogens is 470 g/mol. The van der Waals surface area contributed by atoms with Crippen molar-refractivity contribution in [3.63, 3.8) is 0 Å². The van der Waals surface area contributed by atoms with Crippen molar-refractivity contribution in [2.75, 3.05) is 12.0 Å². The summed E-state index contributed by atoms with van der Waals surface area (Å²) < 4.78 is 10.9. The van der Waals surface area contributed by atoms with Gasteiger partial charge in [-0.25, -0.2) is 9.69 Å². The Morgan fingerprint density at radius 1 is 0.703 bits per heavy atom. The van der Waals surface area contributed by atoms with Crippen LogP contribution in [0.5, 0.6) is 5.75 Å². The minimum atomic E-state index is -1.21. The van der Waals surface area contributed by atoms with Crippen LogP contribution in [0.25, 0.3) is 0 Å². The molecule has 0 radical (unpaired) electrons. The van der Waals surface area contributed by atoms with Crippen LogP contribution in [0.15, 0.2) is 103 Å². The molecule has 37 heavy (non-hydrogen) atoms. The third-order valence-corrected chi connectivity index (χ3v) is 6.08. The Hall–Kier alpha value is -5.04. The molecule has 2 amide bonds. The minimum absolute atomic E-state index is 0.0540. The van der Waals surface area contributed by atoms with Gasteiger partial charge in [-0.2, -0.15) is 0 Å². The zero-order chi connectivity index (χ0) is 25.9. The van der Waals surface area contributed by atoms with E-state index < -0.39 is 29.7 Å². The largest absolute Gasteiger partial charge is 0.497 e. The number of methoxy groups -OCH3 is 1. The molecule has 0 N–H and O–H groups in total. The lowest BCUT2D eigenvalue weighted by molar-refractivity contribution is 0.0280. The first-order chi connectivity index (χ1) is 18.0. The lowest BCUT2D eigenvalue weighted by atomic mass is 9.99. The van der Waals surface area contributed by atoms with Gasteiger partial charge >= 0.3 is 5.97 Å². The zero-order valence-corrected chi connectivity index (χ0v) is 19.8. The number of esters is 1. The quantitative estimate of drug-likeness (QED) is 0.199. The van der Waals surface area contributed by atoms with Crippen LogP contribution < -0.4 is 9.64 Å². The molecule has 5 rings (SSSR count). The summed E-state index contributed by atoms with van der Waals surface area (Å²) in [5, 5.41) is 0. The van der Waals surface area contributed by atoms with Gasteiger partial charge in [0.1, 0.15) is 5.75 Å². The number of carbonyl (C=O) groups is 4. The fraction of sp³-hybridized carbons (Fsp3) is 0.0667. The average Bonchev–Trinajstić information content (AvgIpc) is 3.21. The second-order valence-corrected chi connectivity index (χ2v) is 8.33. The van der Waals surface area contributed by atoms with Crippen LogP contribution in [0.1, 0.15) is 53.1 Å². The predicted octanol–water partition coefficient (Wildman–Crippen LogP) is 5.28. The highest BCUT2D eigenvalue weighted by Gasteiger charge is 2.37. The molecule has 1 aliphatic heterocycles. The molecule has 1 atom stereocenters. The van der Waals surface area contributed by atoms with E-state index in [1.807, 2.05) is 0 Å². The van der Waals surface area contributed by atoms with E-state index in [4.69, 9.17) is 9.47 Å². The van der Waals surface area contributed by atoms with Gasteiger partial charge in [-0.1, -0.05) is 48.5 Å². The number of nitrogens with zero attached hydrogens (tertiary/aromatic N) is 1. The van der Waals surface area contributed by atoms with Gasteiger partial charge in [0.05, 0.1) is 29.5 Å². The molecule has 0 aliphatic carbocycles. The van der Waals surface area contributed by atoms with Crippen LogP contribution in [0, 0.1) is 0 Å². The number of hydrogen-bond acceptors (Lipinski definition) is 6. The van der Waals surface area contributed by atoms with Crippen molar-refractivity contribution >= 4 is 29.3 Å². The number of ketones is 1. The molecule has 0 bridgehead atoms. The van der Waals surface area contributed by atoms with E-state index >= 15 is 0 Å². The number of benzene rings is 4. The minimum Gasteiger partial charge on any atom is -0.497 e. The van der Waals surface area contributed by atoms with Crippen LogP contribution in [0.2, 0.25) is 0 Å². The average molecular weight is 491 g/mol. The smallest absolute Gasteiger partial charge is 0.339 e. The SMILES string of the molecule is COc1ccc(C(=O)[C@@H](OC(=O)c2ccc3c(c2)C(=O)N(c2ccccc2)C3=O)c2ccccc2)cc1. The Kier molecular flexibility index (Phi) is 6.34. The number of Topliss-reactive ketones (excluding diaryl/α,β-unsaturated/α-hetero) is 1. The Morgan fingerprint density at radius 2 is 1.30 bits per heavy atom. The van der Waals surface area contributed by atoms with Crippen LogP contribution >= 0.6 is 0 Å². The van der Waals surface area contributed by atoms with E-state index in [9.17, 15) is 19.2 Å². The highest BCUT2D eigenvalue weighted by Crippen LogP contribution is 2.30. The third-order valence-electron chi connectivity index (χ3n) is 6.08. The number of ether oxygens (including phenoxy) is 2. The molecule has 0 saturated heterocycles. The molecule has 7 heteroatoms. The molecule has 1 aliphatic rings. The zero-order valence-electron chi connectivity index (χ0n) is 19.8. The number of anilines is 1. The van der Waals surface area contributed by atoms with Crippen LogP contribution in [0.3, 0.4) is 0 Å². The first kappa shape index (κ1) is 23.7. The summed E-state index contributed by atoms with van der Waals surface area (Å²) in [7, 11) is 1.53. The van der Waals surface area contributed by atoms with E-state index in [1.165, 1.54) is 25.3 Å². The van der Waals surface area contributed by atoms with Crippen molar-refractivity contribution in [1.82, 2.24) is 0 Å². The van der Waals surface area contributed by atoms with Crippen molar-refractivity contribution in [2.45, 2.75) is 6.10 Å². The molecule has 7 nitrogen and oxygen atoms in total. The maximum absolute atomic E-state index is 13.4. The summed E-state index contributed by atoms with van der Waals surface area (Å²) >= 11 is 0. The number of amides is 2. The third kappa shape index (κ3) is 4.50. The topological polar surface area (TPSA) is 90.0 Å². The standard InChI is InChI=1S/C30H21NO6/c1-36-23-15-12-19(13-16-23)26(32)27(20-8-4-2-5-9-20)37-30(35)21-14-17-24-25(18-21)29(34)31(28(24)33)22-10-6-3-7-11-22/h2-18,27H,1H3/t27-/m0/s1. The van der Waals surface area contributed by atoms with Gasteiger partial charge in [-0.15, -0.1) is 0 Å². The molecule has 0 unspecified atom stereocenters. The molecule has 182 valence electrons. The Labute approximate surface area is 212 Å². The van der Waals surface area contributed by atoms with E-state index in [-0.39, 0.29) is 16.7 Å². The lowest BCUT2D eigenvalue weighted by Crippen LogP contribution is -2.29. The summed E-state index contributed by atoms with van der Waals surface area (Å²) in [5.74, 6) is -1.62. The number of rotatable bonds is 7. The molecule has 0 saturated carbocycles. The second kappa shape index (κ2) is 9.91. The van der Waals surface area contributed by atoms with E-state index in [0.29, 0.717) is 22.6 Å². The maximum Gasteiger partial charge on any atom is 0.339 e. The van der Waals surface area contributed by atoms with Crippen molar-refractivity contribution < 1.29 is 28.7 Å². The molecular formula is C30H21NO6. The fourth-order valence-electron chi connectivity index (χ4n) is 4.16. The molecule has 4 aromatic rings. The predicted molar refractivity (Wildman–Crippen MR) is 136 cm³/mol. The fourth-order valence-corrected chi connectivity index (χ4v) is 4.16. The first-order valence-corrected chi connectivity index (χ1v) is 11.5. The van der Waals surface area contributed by atoms with Gasteiger partial charge in [0, 0.05) is 11.1 Å². The monoisotopic (exact) mass is 491 g/mol. The first-order valence-electron chi connectivity index (χ1n) is 11.5. The van der Waals surface area contributed by atoms with Gasteiger partial charge in [-0.3, -0.25) is 14.4 Å². The lowest BCUT2D eigenvalue weighted by Gasteiger charge is -2.18. The van der Waals surface area contributed by atoms with Crippen molar-refractivity contribution in [1.29, 1.82) is 0 Å². The van der Waals surface area contributed by atoms with Gasteiger partial charge < -0.3 is 9.47 Å². The number of fused-ring (bicyclic) bond motifs is 1. The number of imide groups is 1. The molecule has 0 spiro atoms. The Bertz CT molecular complexity index is 1500. The van der Waals surface area contributed by atoms with Gasteiger partial charge in [0.25, 0.3) is 11.8 Å². The highest BCUT2D eigenvalue weighted by atomic mass is 16.5. The van der Waals surface area contributed by atoms with Crippen LogP contribution in [0.4, 0.5) is 5.69 Å². The normalized spacial score (nSPS) is 13.2. The van der Waals surface area contributed by atoms with Crippen LogP contribution in [-0.2, 0) is 4.74 Å². The summed E-state index contributed by atoms with van der Waals surface area (Å²) in [6.07, 6.45) is -1.21. The highest BCUT2D eigenvalue weighted by molar-refractivity contribution is 6.34. The number of para-hydroxylation sites is 1. The molecule has 1 heterocycles. The van der Waals surface area contributed by atoms with E-state index in [2.05, 4.69) is 0 Å². The summed E-state index contributed by atoms with van der Waals surface area (Å²) in [5.41, 5.74) is 1.63. The number of carbonyl (C=O) groups excluding carboxylic acids is 4. The van der Waals surface area contributed by atoms with Crippen molar-refractivity contribution in [3.05, 3.63) is 131 Å². The Balaban J connectivity index is 1.44. The molecule has 4 aromatic carbocycles.